The Labute approximate surface area is 328 Å². The topological polar surface area (TPSA) is 118 Å². The largest absolute Gasteiger partial charge is 0.444 e. The third kappa shape index (κ3) is 6.35. The van der Waals surface area contributed by atoms with Crippen molar-refractivity contribution in [2.75, 3.05) is 45.2 Å². The number of likely N-dealkylation sites (N-methyl/N-ethyl adjacent to an activating group) is 1. The highest BCUT2D eigenvalue weighted by molar-refractivity contribution is 6.11. The predicted octanol–water partition coefficient (Wildman–Crippen LogP) is 8.36. The fourth-order valence-corrected chi connectivity index (χ4v) is 9.05. The molecule has 1 amide bonds. The molecule has 3 aliphatic rings. The van der Waals surface area contributed by atoms with Crippen molar-refractivity contribution in [1.29, 1.82) is 5.26 Å². The number of rotatable bonds is 6. The Morgan fingerprint density at radius 1 is 1.04 bits per heavy atom. The number of pyridine rings is 1. The summed E-state index contributed by atoms with van der Waals surface area (Å²) in [6.45, 7) is 16.4. The van der Waals surface area contributed by atoms with Crippen LogP contribution in [0.5, 0.6) is 0 Å². The lowest BCUT2D eigenvalue weighted by Gasteiger charge is -2.52. The summed E-state index contributed by atoms with van der Waals surface area (Å²) in [5, 5.41) is 22.1. The van der Waals surface area contributed by atoms with E-state index in [1.54, 1.807) is 4.90 Å². The maximum absolute atomic E-state index is 17.8. The van der Waals surface area contributed by atoms with Crippen molar-refractivity contribution in [3.8, 4) is 17.2 Å². The first kappa shape index (κ1) is 38.1. The Hall–Kier alpha value is -4.80. The maximum Gasteiger partial charge on any atom is 0.410 e. The van der Waals surface area contributed by atoms with Gasteiger partial charge in [-0.2, -0.15) is 15.5 Å². The number of carbonyl (C=O) groups is 1. The number of hydrogen-bond acceptors (Lipinski definition) is 9. The van der Waals surface area contributed by atoms with E-state index in [0.29, 0.717) is 48.3 Å². The van der Waals surface area contributed by atoms with Gasteiger partial charge in [-0.05, 0) is 129 Å². The van der Waals surface area contributed by atoms with Crippen molar-refractivity contribution in [2.45, 2.75) is 116 Å². The average molecular weight is 764 g/mol. The number of amides is 1. The molecule has 0 saturated carbocycles. The van der Waals surface area contributed by atoms with E-state index in [9.17, 15) is 10.1 Å². The minimum atomic E-state index is -0.654. The molecule has 3 atom stereocenters. The zero-order chi connectivity index (χ0) is 39.8. The normalized spacial score (nSPS) is 21.6. The zero-order valence-electron chi connectivity index (χ0n) is 34.2. The minimum absolute atomic E-state index is 0.0541. The molecule has 6 heterocycles. The molecule has 56 heavy (non-hydrogen) atoms. The Morgan fingerprint density at radius 2 is 1.77 bits per heavy atom. The van der Waals surface area contributed by atoms with Crippen LogP contribution in [-0.4, -0.2) is 98.0 Å². The molecule has 13 heteroatoms. The number of aromatic nitrogens is 5. The number of carbonyl (C=O) groups excluding carboxylic acids is 1. The van der Waals surface area contributed by atoms with Crippen LogP contribution >= 0.6 is 0 Å². The highest BCUT2D eigenvalue weighted by Gasteiger charge is 2.43. The van der Waals surface area contributed by atoms with Crippen LogP contribution in [0.4, 0.5) is 15.0 Å². The van der Waals surface area contributed by atoms with Crippen LogP contribution in [-0.2, 0) is 9.47 Å². The molecule has 0 aliphatic carbocycles. The van der Waals surface area contributed by atoms with Gasteiger partial charge in [0.25, 0.3) is 0 Å². The lowest BCUT2D eigenvalue weighted by atomic mass is 9.88. The van der Waals surface area contributed by atoms with Crippen LogP contribution in [0.2, 0.25) is 0 Å². The second kappa shape index (κ2) is 14.0. The van der Waals surface area contributed by atoms with Crippen LogP contribution < -0.4 is 4.90 Å². The first-order valence-electron chi connectivity index (χ1n) is 20.0. The van der Waals surface area contributed by atoms with Gasteiger partial charge in [0.15, 0.2) is 12.0 Å². The highest BCUT2D eigenvalue weighted by Crippen LogP contribution is 2.45. The number of aryl methyl sites for hydroxylation is 2. The second-order valence-electron chi connectivity index (χ2n) is 17.7. The molecule has 3 aromatic heterocycles. The number of ether oxygens (including phenoxy) is 2. The Kier molecular flexibility index (Phi) is 9.52. The van der Waals surface area contributed by atoms with Gasteiger partial charge in [-0.1, -0.05) is 0 Å². The quantitative estimate of drug-likeness (QED) is 0.168. The van der Waals surface area contributed by atoms with Crippen LogP contribution in [0.3, 0.4) is 0 Å². The van der Waals surface area contributed by atoms with Gasteiger partial charge in [-0.3, -0.25) is 4.68 Å². The third-order valence-corrected chi connectivity index (χ3v) is 12.5. The summed E-state index contributed by atoms with van der Waals surface area (Å²) in [6.07, 6.45) is 7.45. The van der Waals surface area contributed by atoms with E-state index in [1.807, 2.05) is 49.5 Å². The zero-order valence-corrected chi connectivity index (χ0v) is 34.2. The van der Waals surface area contributed by atoms with Gasteiger partial charge in [0.1, 0.15) is 16.9 Å². The van der Waals surface area contributed by atoms with Crippen LogP contribution in [0.25, 0.3) is 43.8 Å². The summed E-state index contributed by atoms with van der Waals surface area (Å²) in [7, 11) is 4.17. The predicted molar refractivity (Wildman–Crippen MR) is 216 cm³/mol. The summed E-state index contributed by atoms with van der Waals surface area (Å²) < 4.78 is 33.7. The summed E-state index contributed by atoms with van der Waals surface area (Å²) in [5.41, 5.74) is 5.54. The molecule has 8 rings (SSSR count). The van der Waals surface area contributed by atoms with Gasteiger partial charge >= 0.3 is 6.09 Å². The monoisotopic (exact) mass is 763 g/mol. The summed E-state index contributed by atoms with van der Waals surface area (Å²) >= 11 is 0. The van der Waals surface area contributed by atoms with Gasteiger partial charge < -0.3 is 24.2 Å². The number of nitrogens with zero attached hydrogens (tertiary/aromatic N) is 9. The van der Waals surface area contributed by atoms with Gasteiger partial charge in [-0.15, -0.1) is 0 Å². The lowest BCUT2D eigenvalue weighted by molar-refractivity contribution is -0.0366. The van der Waals surface area contributed by atoms with Crippen molar-refractivity contribution >= 4 is 44.6 Å². The standard InChI is InChI=1S/C43H54FN9O3/c1-25-19-33-31(21-47-53(33)34-12-10-11-17-55-34)36(27(25)3)35-26(2)18-30-38(37(35)44)48-40(50-23-43(7,24-50)49(8)9)32-22-46-52(39(30)32)29-14-16-51(28(20-29)13-15-45)41(54)56-42(4,5)6/h18-19,21-22,28-29,34H,10-14,16-17,20,23-24H2,1-9H3/t28-,29+,34?/m1/s1. The summed E-state index contributed by atoms with van der Waals surface area (Å²) in [6, 6.07) is 6.01. The molecule has 3 saturated heterocycles. The van der Waals surface area contributed by atoms with Gasteiger partial charge in [0, 0.05) is 42.6 Å². The molecule has 1 unspecified atom stereocenters. The fraction of sp³-hybridized carbons (Fsp3) is 0.558. The number of halogens is 1. The summed E-state index contributed by atoms with van der Waals surface area (Å²) in [5.74, 6) is 0.338. The highest BCUT2D eigenvalue weighted by atomic mass is 19.1. The van der Waals surface area contributed by atoms with E-state index in [4.69, 9.17) is 24.7 Å². The third-order valence-electron chi connectivity index (χ3n) is 12.5. The van der Waals surface area contributed by atoms with Gasteiger partial charge in [-0.25, -0.2) is 18.9 Å². The number of hydrogen-bond donors (Lipinski definition) is 0. The van der Waals surface area contributed by atoms with Crippen LogP contribution in [0.15, 0.2) is 24.5 Å². The van der Waals surface area contributed by atoms with E-state index in [1.165, 1.54) is 0 Å². The number of fused-ring (bicyclic) bond motifs is 4. The minimum Gasteiger partial charge on any atom is -0.444 e. The molecule has 0 spiro atoms. The van der Waals surface area contributed by atoms with Crippen molar-refractivity contribution in [2.24, 2.45) is 0 Å². The first-order valence-corrected chi connectivity index (χ1v) is 20.0. The Bertz CT molecular complexity index is 2390. The van der Waals surface area contributed by atoms with E-state index in [2.05, 4.69) is 62.9 Å². The Morgan fingerprint density at radius 3 is 2.45 bits per heavy atom. The molecule has 12 nitrogen and oxygen atoms in total. The van der Waals surface area contributed by atoms with Crippen molar-refractivity contribution in [3.05, 3.63) is 47.0 Å². The molecule has 0 radical (unpaired) electrons. The first-order chi connectivity index (χ1) is 26.6. The van der Waals surface area contributed by atoms with Gasteiger partial charge in [0.2, 0.25) is 0 Å². The molecule has 3 fully saturated rings. The molecule has 5 aromatic rings. The molecule has 2 aromatic carbocycles. The molecule has 296 valence electrons. The molecule has 0 N–H and O–H groups in total. The number of piperidine rings is 1. The van der Waals surface area contributed by atoms with E-state index in [-0.39, 0.29) is 36.1 Å². The van der Waals surface area contributed by atoms with Crippen LogP contribution in [0, 0.1) is 37.9 Å². The molecular formula is C43H54FN9O3. The van der Waals surface area contributed by atoms with Crippen molar-refractivity contribution < 1.29 is 18.7 Å². The smallest absolute Gasteiger partial charge is 0.410 e. The SMILES string of the molecule is Cc1cc2c(cnn2C2CCCCO2)c(-c2c(C)cc3c(nc(N4CC(C)(N(C)C)C4)c4cnn([C@H]5CCN(C(=O)OC(C)(C)C)[C@H](CC#N)C5)c43)c2F)c1C. The van der Waals surface area contributed by atoms with Crippen molar-refractivity contribution in [1.82, 2.24) is 34.3 Å². The number of likely N-dealkylation sites (tertiary alicyclic amines) is 1. The van der Waals surface area contributed by atoms with E-state index in [0.717, 1.165) is 76.4 Å². The van der Waals surface area contributed by atoms with Gasteiger partial charge in [0.05, 0.1) is 58.9 Å². The molecule has 0 bridgehead atoms. The lowest BCUT2D eigenvalue weighted by Crippen LogP contribution is -2.67. The summed E-state index contributed by atoms with van der Waals surface area (Å²) in [4.78, 5) is 24.6. The molecular weight excluding hydrogens is 710 g/mol. The van der Waals surface area contributed by atoms with Crippen LogP contribution in [0.1, 0.15) is 95.2 Å². The number of nitriles is 1. The maximum atomic E-state index is 17.8. The Balaban J connectivity index is 1.29. The van der Waals surface area contributed by atoms with Crippen molar-refractivity contribution in [3.63, 3.8) is 0 Å². The van der Waals surface area contributed by atoms with E-state index < -0.39 is 11.7 Å². The number of benzene rings is 2. The molecule has 3 aliphatic heterocycles. The second-order valence-corrected chi connectivity index (χ2v) is 17.7. The fourth-order valence-electron chi connectivity index (χ4n) is 9.05. The average Bonchev–Trinajstić information content (AvgIpc) is 3.77. The van der Waals surface area contributed by atoms with E-state index >= 15 is 4.39 Å². The number of anilines is 1.